The van der Waals surface area contributed by atoms with Gasteiger partial charge >= 0.3 is 0 Å². The van der Waals surface area contributed by atoms with E-state index in [-0.39, 0.29) is 23.2 Å². The first-order valence-corrected chi connectivity index (χ1v) is 12.2. The van der Waals surface area contributed by atoms with Gasteiger partial charge in [-0.3, -0.25) is 13.9 Å². The third-order valence-corrected chi connectivity index (χ3v) is 6.35. The van der Waals surface area contributed by atoms with Crippen LogP contribution in [0, 0.1) is 0 Å². The number of rotatable bonds is 9. The van der Waals surface area contributed by atoms with Gasteiger partial charge in [-0.1, -0.05) is 60.5 Å². The first-order chi connectivity index (χ1) is 14.6. The Morgan fingerprint density at radius 1 is 1.10 bits per heavy atom. The summed E-state index contributed by atoms with van der Waals surface area (Å²) in [5, 5.41) is 3.00. The summed E-state index contributed by atoms with van der Waals surface area (Å²) >= 11 is 12.1. The number of nitrogens with zero attached hydrogens (tertiary/aromatic N) is 2. The smallest absolute Gasteiger partial charge is 0.244 e. The van der Waals surface area contributed by atoms with Gasteiger partial charge < -0.3 is 10.2 Å². The summed E-state index contributed by atoms with van der Waals surface area (Å²) in [6.07, 6.45) is 1.35. The molecule has 2 rings (SSSR count). The highest BCUT2D eigenvalue weighted by Gasteiger charge is 2.31. The number of amides is 2. The van der Waals surface area contributed by atoms with Crippen molar-refractivity contribution in [2.45, 2.75) is 25.9 Å². The fourth-order valence-corrected chi connectivity index (χ4v) is 4.57. The van der Waals surface area contributed by atoms with Crippen LogP contribution in [0.4, 0.5) is 5.69 Å². The standard InChI is InChI=1S/C21H25Cl2N3O4S/c1-4-18(21(28)24-2)25(13-15-8-6-5-7-9-15)20(27)14-26(31(3,29)30)19-11-10-16(22)12-17(19)23/h5-12,18H,4,13-14H2,1-3H3,(H,24,28). The molecule has 2 aromatic rings. The Kier molecular flexibility index (Phi) is 8.73. The molecular weight excluding hydrogens is 461 g/mol. The summed E-state index contributed by atoms with van der Waals surface area (Å²) in [6, 6.07) is 12.7. The Morgan fingerprint density at radius 2 is 1.74 bits per heavy atom. The normalized spacial score (nSPS) is 12.2. The lowest BCUT2D eigenvalue weighted by molar-refractivity contribution is -0.140. The molecule has 0 bridgehead atoms. The fourth-order valence-electron chi connectivity index (χ4n) is 3.14. The van der Waals surface area contributed by atoms with E-state index in [1.165, 1.54) is 30.1 Å². The van der Waals surface area contributed by atoms with Gasteiger partial charge in [0.25, 0.3) is 0 Å². The fraction of sp³-hybridized carbons (Fsp3) is 0.333. The molecule has 168 valence electrons. The molecule has 2 amide bonds. The highest BCUT2D eigenvalue weighted by atomic mass is 35.5. The summed E-state index contributed by atoms with van der Waals surface area (Å²) in [7, 11) is -2.36. The SMILES string of the molecule is CCC(C(=O)NC)N(Cc1ccccc1)C(=O)CN(c1ccc(Cl)cc1Cl)S(C)(=O)=O. The summed E-state index contributed by atoms with van der Waals surface area (Å²) < 4.78 is 25.9. The van der Waals surface area contributed by atoms with Crippen molar-refractivity contribution in [2.24, 2.45) is 0 Å². The zero-order valence-corrected chi connectivity index (χ0v) is 19.8. The second-order valence-corrected chi connectivity index (χ2v) is 9.66. The van der Waals surface area contributed by atoms with E-state index in [1.807, 2.05) is 30.3 Å². The van der Waals surface area contributed by atoms with Crippen LogP contribution < -0.4 is 9.62 Å². The van der Waals surface area contributed by atoms with Crippen molar-refractivity contribution in [3.63, 3.8) is 0 Å². The topological polar surface area (TPSA) is 86.8 Å². The maximum absolute atomic E-state index is 13.3. The lowest BCUT2D eigenvalue weighted by Crippen LogP contribution is -2.51. The zero-order chi connectivity index (χ0) is 23.2. The number of halogens is 2. The Labute approximate surface area is 193 Å². The van der Waals surface area contributed by atoms with Crippen molar-refractivity contribution in [1.29, 1.82) is 0 Å². The Bertz CT molecular complexity index is 1030. The number of carbonyl (C=O) groups is 2. The van der Waals surface area contributed by atoms with E-state index < -0.39 is 28.5 Å². The Balaban J connectivity index is 2.44. The summed E-state index contributed by atoms with van der Waals surface area (Å²) in [5.74, 6) is -0.863. The molecule has 0 aromatic heterocycles. The van der Waals surface area contributed by atoms with Gasteiger partial charge in [0.2, 0.25) is 21.8 Å². The second kappa shape index (κ2) is 10.8. The minimum Gasteiger partial charge on any atom is -0.357 e. The van der Waals surface area contributed by atoms with E-state index in [1.54, 1.807) is 6.92 Å². The highest BCUT2D eigenvalue weighted by Crippen LogP contribution is 2.30. The van der Waals surface area contributed by atoms with Crippen LogP contribution in [-0.2, 0) is 26.2 Å². The third kappa shape index (κ3) is 6.59. The second-order valence-electron chi connectivity index (χ2n) is 6.91. The van der Waals surface area contributed by atoms with Gasteiger partial charge in [0, 0.05) is 18.6 Å². The van der Waals surface area contributed by atoms with Gasteiger partial charge in [0.1, 0.15) is 12.6 Å². The summed E-state index contributed by atoms with van der Waals surface area (Å²) in [6.45, 7) is 1.42. The zero-order valence-electron chi connectivity index (χ0n) is 17.5. The molecule has 7 nitrogen and oxygen atoms in total. The van der Waals surface area contributed by atoms with E-state index in [9.17, 15) is 18.0 Å². The molecule has 0 spiro atoms. The first kappa shape index (κ1) is 25.0. The molecule has 1 unspecified atom stereocenters. The van der Waals surface area contributed by atoms with Gasteiger partial charge in [-0.25, -0.2) is 8.42 Å². The summed E-state index contributed by atoms with van der Waals surface area (Å²) in [5.41, 5.74) is 0.947. The van der Waals surface area contributed by atoms with Crippen molar-refractivity contribution < 1.29 is 18.0 Å². The van der Waals surface area contributed by atoms with E-state index in [0.29, 0.717) is 11.4 Å². The Morgan fingerprint density at radius 3 is 2.26 bits per heavy atom. The van der Waals surface area contributed by atoms with Crippen LogP contribution in [0.25, 0.3) is 0 Å². The first-order valence-electron chi connectivity index (χ1n) is 9.56. The average molecular weight is 486 g/mol. The highest BCUT2D eigenvalue weighted by molar-refractivity contribution is 7.92. The van der Waals surface area contributed by atoms with Gasteiger partial charge in [-0.2, -0.15) is 0 Å². The minimum atomic E-state index is -3.86. The van der Waals surface area contributed by atoms with E-state index in [2.05, 4.69) is 5.32 Å². The molecule has 1 atom stereocenters. The molecule has 31 heavy (non-hydrogen) atoms. The van der Waals surface area contributed by atoms with E-state index >= 15 is 0 Å². The van der Waals surface area contributed by atoms with Crippen LogP contribution >= 0.6 is 23.2 Å². The molecule has 0 aliphatic rings. The van der Waals surface area contributed by atoms with Gasteiger partial charge in [0.15, 0.2) is 0 Å². The number of anilines is 1. The quantitative estimate of drug-likeness (QED) is 0.589. The van der Waals surface area contributed by atoms with Crippen molar-refractivity contribution in [3.8, 4) is 0 Å². The molecule has 0 aliphatic heterocycles. The number of sulfonamides is 1. The molecule has 10 heteroatoms. The van der Waals surface area contributed by atoms with Gasteiger partial charge in [-0.15, -0.1) is 0 Å². The lowest BCUT2D eigenvalue weighted by atomic mass is 10.1. The number of benzene rings is 2. The van der Waals surface area contributed by atoms with Crippen molar-refractivity contribution in [1.82, 2.24) is 10.2 Å². The third-order valence-electron chi connectivity index (χ3n) is 4.69. The van der Waals surface area contributed by atoms with Gasteiger partial charge in [-0.05, 0) is 30.2 Å². The molecule has 0 radical (unpaired) electrons. The molecule has 0 saturated heterocycles. The average Bonchev–Trinajstić information content (AvgIpc) is 2.72. The number of likely N-dealkylation sites (N-methyl/N-ethyl adjacent to an activating group) is 1. The molecule has 0 saturated carbocycles. The van der Waals surface area contributed by atoms with Crippen LogP contribution in [-0.4, -0.2) is 51.0 Å². The minimum absolute atomic E-state index is 0.0960. The monoisotopic (exact) mass is 485 g/mol. The van der Waals surface area contributed by atoms with E-state index in [4.69, 9.17) is 23.2 Å². The Hall–Kier alpha value is -2.29. The van der Waals surface area contributed by atoms with Crippen molar-refractivity contribution in [3.05, 3.63) is 64.1 Å². The predicted molar refractivity (Wildman–Crippen MR) is 124 cm³/mol. The molecule has 0 fully saturated rings. The lowest BCUT2D eigenvalue weighted by Gasteiger charge is -2.32. The van der Waals surface area contributed by atoms with E-state index in [0.717, 1.165) is 16.1 Å². The maximum Gasteiger partial charge on any atom is 0.244 e. The maximum atomic E-state index is 13.3. The largest absolute Gasteiger partial charge is 0.357 e. The molecular formula is C21H25Cl2N3O4S. The van der Waals surface area contributed by atoms with Crippen LogP contribution in [0.3, 0.4) is 0 Å². The van der Waals surface area contributed by atoms with Crippen LogP contribution in [0.2, 0.25) is 10.0 Å². The predicted octanol–water partition coefficient (Wildman–Crippen LogP) is 3.31. The molecule has 2 aromatic carbocycles. The van der Waals surface area contributed by atoms with Crippen molar-refractivity contribution in [2.75, 3.05) is 24.2 Å². The molecule has 0 heterocycles. The molecule has 0 aliphatic carbocycles. The summed E-state index contributed by atoms with van der Waals surface area (Å²) in [4.78, 5) is 27.2. The number of hydrogen-bond acceptors (Lipinski definition) is 4. The van der Waals surface area contributed by atoms with Gasteiger partial charge in [0.05, 0.1) is 17.0 Å². The van der Waals surface area contributed by atoms with Crippen LogP contribution in [0.1, 0.15) is 18.9 Å². The van der Waals surface area contributed by atoms with Crippen LogP contribution in [0.5, 0.6) is 0 Å². The molecule has 1 N–H and O–H groups in total. The number of hydrogen-bond donors (Lipinski definition) is 1. The van der Waals surface area contributed by atoms with Crippen LogP contribution in [0.15, 0.2) is 48.5 Å². The number of carbonyl (C=O) groups excluding carboxylic acids is 2. The van der Waals surface area contributed by atoms with Crippen molar-refractivity contribution >= 4 is 50.7 Å². The number of nitrogens with one attached hydrogen (secondary N) is 1.